The van der Waals surface area contributed by atoms with Crippen molar-refractivity contribution in [2.75, 3.05) is 11.9 Å². The highest BCUT2D eigenvalue weighted by molar-refractivity contribution is 5.82. The molecule has 7 nitrogen and oxygen atoms in total. The molecule has 0 aliphatic carbocycles. The molecule has 0 amide bonds. The van der Waals surface area contributed by atoms with Crippen molar-refractivity contribution in [1.29, 1.82) is 0 Å². The molecule has 7 heteroatoms. The van der Waals surface area contributed by atoms with Gasteiger partial charge in [-0.05, 0) is 74.9 Å². The number of pyridine rings is 1. The molecule has 31 heavy (non-hydrogen) atoms. The van der Waals surface area contributed by atoms with Gasteiger partial charge in [0, 0.05) is 24.6 Å². The Labute approximate surface area is 180 Å². The van der Waals surface area contributed by atoms with Crippen LogP contribution in [0, 0.1) is 6.92 Å². The van der Waals surface area contributed by atoms with Gasteiger partial charge in [-0.2, -0.15) is 9.97 Å². The van der Waals surface area contributed by atoms with Gasteiger partial charge in [-0.15, -0.1) is 0 Å². The maximum absolute atomic E-state index is 10.1. The van der Waals surface area contributed by atoms with Crippen LogP contribution < -0.4 is 14.4 Å². The van der Waals surface area contributed by atoms with Crippen LogP contribution in [-0.4, -0.2) is 33.2 Å². The van der Waals surface area contributed by atoms with E-state index in [0.717, 1.165) is 22.7 Å². The van der Waals surface area contributed by atoms with E-state index < -0.39 is 0 Å². The minimum absolute atomic E-state index is 0.0687. The van der Waals surface area contributed by atoms with Crippen molar-refractivity contribution in [3.63, 3.8) is 0 Å². The first kappa shape index (κ1) is 20.4. The van der Waals surface area contributed by atoms with E-state index in [1.807, 2.05) is 70.3 Å². The van der Waals surface area contributed by atoms with Gasteiger partial charge in [0.05, 0.1) is 23.2 Å². The van der Waals surface area contributed by atoms with Crippen molar-refractivity contribution in [1.82, 2.24) is 15.0 Å². The van der Waals surface area contributed by atoms with E-state index in [1.165, 1.54) is 0 Å². The Hall–Kier alpha value is -3.87. The van der Waals surface area contributed by atoms with Crippen LogP contribution in [0.2, 0.25) is 0 Å². The van der Waals surface area contributed by atoms with Crippen molar-refractivity contribution < 1.29 is 14.6 Å². The van der Waals surface area contributed by atoms with Crippen molar-refractivity contribution in [2.24, 2.45) is 0 Å². The van der Waals surface area contributed by atoms with Crippen molar-refractivity contribution in [2.45, 2.75) is 26.9 Å². The fourth-order valence-electron chi connectivity index (χ4n) is 3.32. The maximum Gasteiger partial charge on any atom is 0.325 e. The molecule has 2 heterocycles. The average molecular weight is 416 g/mol. The summed E-state index contributed by atoms with van der Waals surface area (Å²) in [6.45, 7) is 6.03. The van der Waals surface area contributed by atoms with Crippen LogP contribution in [0.3, 0.4) is 0 Å². The number of benzene rings is 2. The summed E-state index contributed by atoms with van der Waals surface area (Å²) in [5.74, 6) is 1.29. The van der Waals surface area contributed by atoms with Crippen LogP contribution in [0.4, 0.5) is 11.4 Å². The predicted molar refractivity (Wildman–Crippen MR) is 121 cm³/mol. The van der Waals surface area contributed by atoms with Gasteiger partial charge in [0.25, 0.3) is 0 Å². The van der Waals surface area contributed by atoms with Crippen molar-refractivity contribution >= 4 is 22.3 Å². The van der Waals surface area contributed by atoms with E-state index in [0.29, 0.717) is 16.7 Å². The molecule has 158 valence electrons. The number of anilines is 2. The summed E-state index contributed by atoms with van der Waals surface area (Å²) in [4.78, 5) is 14.5. The number of hydrogen-bond donors (Lipinski definition) is 1. The highest BCUT2D eigenvalue weighted by Gasteiger charge is 2.12. The second-order valence-electron chi connectivity index (χ2n) is 7.49. The van der Waals surface area contributed by atoms with Gasteiger partial charge in [0.15, 0.2) is 0 Å². The van der Waals surface area contributed by atoms with Crippen LogP contribution >= 0.6 is 0 Å². The quantitative estimate of drug-likeness (QED) is 0.451. The maximum atomic E-state index is 10.1. The van der Waals surface area contributed by atoms with Crippen LogP contribution in [-0.2, 0) is 0 Å². The van der Waals surface area contributed by atoms with Crippen LogP contribution in [0.25, 0.3) is 10.9 Å². The van der Waals surface area contributed by atoms with E-state index >= 15 is 0 Å². The molecule has 0 atom stereocenters. The molecule has 2 aromatic carbocycles. The lowest BCUT2D eigenvalue weighted by molar-refractivity contribution is 0.242. The fourth-order valence-corrected chi connectivity index (χ4v) is 3.32. The van der Waals surface area contributed by atoms with Gasteiger partial charge in [-0.3, -0.25) is 4.98 Å². The molecular formula is C24H24N4O3. The van der Waals surface area contributed by atoms with Gasteiger partial charge < -0.3 is 19.5 Å². The van der Waals surface area contributed by atoms with Gasteiger partial charge in [-0.1, -0.05) is 0 Å². The normalized spacial score (nSPS) is 11.0. The zero-order valence-electron chi connectivity index (χ0n) is 17.9. The van der Waals surface area contributed by atoms with E-state index in [4.69, 9.17) is 9.47 Å². The Morgan fingerprint density at radius 2 is 1.71 bits per heavy atom. The zero-order chi connectivity index (χ0) is 22.0. The largest absolute Gasteiger partial charge is 0.493 e. The third-order valence-corrected chi connectivity index (χ3v) is 4.79. The molecule has 1 N–H and O–H groups in total. The van der Waals surface area contributed by atoms with E-state index in [-0.39, 0.29) is 18.0 Å². The monoisotopic (exact) mass is 416 g/mol. The summed E-state index contributed by atoms with van der Waals surface area (Å²) in [6, 6.07) is 15.5. The average Bonchev–Trinajstić information content (AvgIpc) is 2.74. The lowest BCUT2D eigenvalue weighted by Gasteiger charge is -2.22. The van der Waals surface area contributed by atoms with Gasteiger partial charge in [0.1, 0.15) is 11.5 Å². The van der Waals surface area contributed by atoms with Crippen molar-refractivity contribution in [3.05, 3.63) is 66.5 Å². The molecule has 0 aliphatic rings. The number of aromatic nitrogens is 3. The molecule has 4 aromatic rings. The molecule has 2 aromatic heterocycles. The van der Waals surface area contributed by atoms with E-state index in [2.05, 4.69) is 19.9 Å². The Morgan fingerprint density at radius 1 is 0.968 bits per heavy atom. The third-order valence-electron chi connectivity index (χ3n) is 4.79. The SMILES string of the molecule is Cc1cc(Oc2nc(O)c3ccncc3n2)ccc1N(C)c1ccc(OC(C)C)cc1. The summed E-state index contributed by atoms with van der Waals surface area (Å²) in [5, 5.41) is 10.6. The summed E-state index contributed by atoms with van der Waals surface area (Å²) in [6.07, 6.45) is 3.28. The number of aromatic hydroxyl groups is 1. The molecule has 0 fully saturated rings. The summed E-state index contributed by atoms with van der Waals surface area (Å²) in [7, 11) is 2.01. The van der Waals surface area contributed by atoms with Crippen LogP contribution in [0.15, 0.2) is 60.9 Å². The molecule has 0 bridgehead atoms. The molecule has 0 radical (unpaired) electrons. The molecule has 0 unspecified atom stereocenters. The predicted octanol–water partition coefficient (Wildman–Crippen LogP) is 5.39. The number of aryl methyl sites for hydroxylation is 1. The standard InChI is InChI=1S/C24H24N4O3/c1-15(2)30-18-7-5-17(6-8-18)28(4)22-10-9-19(13-16(22)3)31-24-26-21-14-25-12-11-20(21)23(29)27-24/h5-15H,1-4H3,(H,26,27,29). The first-order chi connectivity index (χ1) is 14.9. The summed E-state index contributed by atoms with van der Waals surface area (Å²) < 4.78 is 11.5. The fraction of sp³-hybridized carbons (Fsp3) is 0.208. The topological polar surface area (TPSA) is 80.6 Å². The second-order valence-corrected chi connectivity index (χ2v) is 7.49. The number of ether oxygens (including phenoxy) is 2. The molecule has 0 saturated heterocycles. The smallest absolute Gasteiger partial charge is 0.325 e. The molecule has 0 spiro atoms. The Kier molecular flexibility index (Phi) is 5.58. The number of nitrogens with zero attached hydrogens (tertiary/aromatic N) is 4. The lowest BCUT2D eigenvalue weighted by atomic mass is 10.1. The minimum Gasteiger partial charge on any atom is -0.493 e. The molecule has 0 aliphatic heterocycles. The Balaban J connectivity index is 1.54. The van der Waals surface area contributed by atoms with E-state index in [1.54, 1.807) is 18.5 Å². The van der Waals surface area contributed by atoms with Crippen LogP contribution in [0.5, 0.6) is 23.4 Å². The Morgan fingerprint density at radius 3 is 2.42 bits per heavy atom. The number of fused-ring (bicyclic) bond motifs is 1. The van der Waals surface area contributed by atoms with Crippen LogP contribution in [0.1, 0.15) is 19.4 Å². The van der Waals surface area contributed by atoms with Gasteiger partial charge in [0.2, 0.25) is 5.88 Å². The molecule has 4 rings (SSSR count). The highest BCUT2D eigenvalue weighted by Crippen LogP contribution is 2.32. The second kappa shape index (κ2) is 8.47. The summed E-state index contributed by atoms with van der Waals surface area (Å²) >= 11 is 0. The van der Waals surface area contributed by atoms with Crippen molar-refractivity contribution in [3.8, 4) is 23.4 Å². The molecular weight excluding hydrogens is 392 g/mol. The summed E-state index contributed by atoms with van der Waals surface area (Å²) in [5.41, 5.74) is 3.62. The first-order valence-corrected chi connectivity index (χ1v) is 10.0. The Bertz CT molecular complexity index is 1210. The number of hydrogen-bond acceptors (Lipinski definition) is 7. The van der Waals surface area contributed by atoms with E-state index in [9.17, 15) is 5.11 Å². The van der Waals surface area contributed by atoms with Gasteiger partial charge >= 0.3 is 6.01 Å². The number of rotatable bonds is 6. The highest BCUT2D eigenvalue weighted by atomic mass is 16.5. The zero-order valence-corrected chi connectivity index (χ0v) is 17.9. The third kappa shape index (κ3) is 4.50. The lowest BCUT2D eigenvalue weighted by Crippen LogP contribution is -2.11. The minimum atomic E-state index is -0.139. The molecule has 0 saturated carbocycles. The van der Waals surface area contributed by atoms with Gasteiger partial charge in [-0.25, -0.2) is 0 Å². The first-order valence-electron chi connectivity index (χ1n) is 10.0.